The van der Waals surface area contributed by atoms with Crippen LogP contribution in [0.25, 0.3) is 0 Å². The molecule has 1 saturated heterocycles. The van der Waals surface area contributed by atoms with Crippen LogP contribution in [0.4, 0.5) is 0 Å². The molecule has 37 heavy (non-hydrogen) atoms. The number of rotatable bonds is 5. The molecule has 3 aromatic rings. The van der Waals surface area contributed by atoms with Gasteiger partial charge in [0.1, 0.15) is 0 Å². The van der Waals surface area contributed by atoms with Gasteiger partial charge in [-0.15, -0.1) is 0 Å². The molecule has 0 spiro atoms. The van der Waals surface area contributed by atoms with Crippen LogP contribution in [0.1, 0.15) is 84.4 Å². The van der Waals surface area contributed by atoms with Crippen LogP contribution in [0.3, 0.4) is 0 Å². The second-order valence-corrected chi connectivity index (χ2v) is 10.6. The topological polar surface area (TPSA) is 75.7 Å². The molecule has 2 atom stereocenters. The van der Waals surface area contributed by atoms with Gasteiger partial charge in [-0.1, -0.05) is 48.5 Å². The summed E-state index contributed by atoms with van der Waals surface area (Å²) in [4.78, 5) is 40.3. The van der Waals surface area contributed by atoms with Crippen LogP contribution in [0, 0.1) is 5.92 Å². The molecule has 2 bridgehead atoms. The molecule has 0 radical (unpaired) electrons. The zero-order chi connectivity index (χ0) is 25.1. The fraction of sp³-hybridized carbons (Fsp3) is 0.323. The van der Waals surface area contributed by atoms with E-state index in [1.807, 2.05) is 0 Å². The van der Waals surface area contributed by atoms with Crippen molar-refractivity contribution in [1.82, 2.24) is 10.2 Å². The molecule has 6 nitrogen and oxygen atoms in total. The van der Waals surface area contributed by atoms with Gasteiger partial charge in [0.05, 0.1) is 23.8 Å². The van der Waals surface area contributed by atoms with E-state index in [1.54, 1.807) is 18.2 Å². The van der Waals surface area contributed by atoms with E-state index in [0.29, 0.717) is 41.7 Å². The Hall–Kier alpha value is -3.77. The van der Waals surface area contributed by atoms with Crippen LogP contribution in [0.2, 0.25) is 0 Å². The lowest BCUT2D eigenvalue weighted by molar-refractivity contribution is 0.0475. The summed E-state index contributed by atoms with van der Waals surface area (Å²) in [5, 5.41) is 3.13. The number of hydrogen-bond donors (Lipinski definition) is 1. The quantitative estimate of drug-likeness (QED) is 0.533. The zero-order valence-electron chi connectivity index (χ0n) is 20.5. The average Bonchev–Trinajstić information content (AvgIpc) is 3.54. The van der Waals surface area contributed by atoms with Crippen molar-refractivity contribution in [3.8, 4) is 0 Å². The fourth-order valence-corrected chi connectivity index (χ4v) is 6.88. The highest BCUT2D eigenvalue weighted by molar-refractivity contribution is 6.22. The first-order chi connectivity index (χ1) is 18.1. The van der Waals surface area contributed by atoms with E-state index in [2.05, 4.69) is 53.8 Å². The number of benzene rings is 3. The van der Waals surface area contributed by atoms with Crippen molar-refractivity contribution in [2.24, 2.45) is 5.92 Å². The molecule has 0 saturated carbocycles. The van der Waals surface area contributed by atoms with Crippen molar-refractivity contribution in [2.45, 2.75) is 37.2 Å². The Labute approximate surface area is 215 Å². The maximum atomic E-state index is 13.2. The highest BCUT2D eigenvalue weighted by atomic mass is 16.5. The summed E-state index contributed by atoms with van der Waals surface area (Å²) in [6.07, 6.45) is 2.68. The monoisotopic (exact) mass is 492 g/mol. The minimum atomic E-state index is -0.344. The first-order valence-corrected chi connectivity index (χ1v) is 13.2. The van der Waals surface area contributed by atoms with Crippen LogP contribution in [-0.2, 0) is 4.74 Å². The summed E-state index contributed by atoms with van der Waals surface area (Å²) in [5.74, 6) is 0.0175. The molecule has 5 aliphatic rings. The number of imide groups is 1. The summed E-state index contributed by atoms with van der Waals surface area (Å²) in [6, 6.07) is 22.2. The third kappa shape index (κ3) is 3.54. The van der Waals surface area contributed by atoms with Gasteiger partial charge in [-0.3, -0.25) is 19.3 Å². The van der Waals surface area contributed by atoms with Crippen molar-refractivity contribution < 1.29 is 19.1 Å². The van der Waals surface area contributed by atoms with Crippen molar-refractivity contribution in [2.75, 3.05) is 19.7 Å². The van der Waals surface area contributed by atoms with Crippen LogP contribution >= 0.6 is 0 Å². The molecule has 2 unspecified atom stereocenters. The third-order valence-corrected chi connectivity index (χ3v) is 8.59. The highest BCUT2D eigenvalue weighted by Crippen LogP contribution is 2.55. The van der Waals surface area contributed by atoms with E-state index in [1.165, 1.54) is 27.2 Å². The van der Waals surface area contributed by atoms with Gasteiger partial charge in [0.25, 0.3) is 17.7 Å². The molecule has 3 aromatic carbocycles. The molecule has 3 aliphatic carbocycles. The van der Waals surface area contributed by atoms with Gasteiger partial charge < -0.3 is 10.1 Å². The maximum absolute atomic E-state index is 13.2. The lowest BCUT2D eigenvalue weighted by Gasteiger charge is -2.45. The molecule has 1 N–H and O–H groups in total. The number of amides is 3. The summed E-state index contributed by atoms with van der Waals surface area (Å²) < 4.78 is 5.62. The molecule has 6 heteroatoms. The fourth-order valence-electron chi connectivity index (χ4n) is 6.88. The van der Waals surface area contributed by atoms with Gasteiger partial charge >= 0.3 is 0 Å². The minimum absolute atomic E-state index is 0.105. The zero-order valence-corrected chi connectivity index (χ0v) is 20.5. The number of carbonyl (C=O) groups is 3. The molecule has 1 fully saturated rings. The van der Waals surface area contributed by atoms with E-state index >= 15 is 0 Å². The first kappa shape index (κ1) is 22.4. The van der Waals surface area contributed by atoms with Gasteiger partial charge in [-0.05, 0) is 65.6 Å². The van der Waals surface area contributed by atoms with E-state index < -0.39 is 0 Å². The van der Waals surface area contributed by atoms with Crippen molar-refractivity contribution >= 4 is 17.7 Å². The second kappa shape index (κ2) is 8.67. The Bertz CT molecular complexity index is 1390. The number of fused-ring (bicyclic) bond motifs is 2. The number of carbonyl (C=O) groups excluding carboxylic acids is 3. The number of ether oxygens (including phenoxy) is 1. The molecule has 186 valence electrons. The predicted molar refractivity (Wildman–Crippen MR) is 138 cm³/mol. The molecular weight excluding hydrogens is 464 g/mol. The summed E-state index contributed by atoms with van der Waals surface area (Å²) in [6.45, 7) is 1.48. The molecular formula is C31H28N2O4. The smallest absolute Gasteiger partial charge is 0.261 e. The van der Waals surface area contributed by atoms with Gasteiger partial charge in [0.2, 0.25) is 0 Å². The lowest BCUT2D eigenvalue weighted by atomic mass is 9.59. The molecule has 3 amide bonds. The van der Waals surface area contributed by atoms with Gasteiger partial charge in [0.15, 0.2) is 0 Å². The minimum Gasteiger partial charge on any atom is -0.376 e. The summed E-state index contributed by atoms with van der Waals surface area (Å²) >= 11 is 0. The molecule has 2 heterocycles. The van der Waals surface area contributed by atoms with Crippen molar-refractivity contribution in [3.63, 3.8) is 0 Å². The Morgan fingerprint density at radius 3 is 2.24 bits per heavy atom. The standard InChI is InChI=1S/C31H28N2O4/c34-29(18-11-12-25-27(14-18)31(36)33(30(25)35)17-20-6-5-13-37-20)32-16-19-15-26-21-7-1-3-9-23(21)28(19)24-10-4-2-8-22(24)26/h1-4,7-12,14,19-20,26,28H,5-6,13,15-17H2,(H,32,34). The largest absolute Gasteiger partial charge is 0.376 e. The first-order valence-electron chi connectivity index (χ1n) is 13.2. The Morgan fingerprint density at radius 2 is 1.57 bits per heavy atom. The van der Waals surface area contributed by atoms with Crippen LogP contribution in [0.5, 0.6) is 0 Å². The Balaban J connectivity index is 1.09. The van der Waals surface area contributed by atoms with E-state index in [4.69, 9.17) is 4.74 Å². The molecule has 8 rings (SSSR count). The SMILES string of the molecule is O=C(NCC1CC2c3ccccc3C1c1ccccc12)c1ccc2c(c1)C(=O)N(CC1CCCO1)C2=O. The number of hydrogen-bond acceptors (Lipinski definition) is 4. The lowest BCUT2D eigenvalue weighted by Crippen LogP contribution is -2.39. The maximum Gasteiger partial charge on any atom is 0.261 e. The van der Waals surface area contributed by atoms with Crippen molar-refractivity contribution in [3.05, 3.63) is 106 Å². The molecule has 0 aromatic heterocycles. The van der Waals surface area contributed by atoms with Crippen LogP contribution in [0.15, 0.2) is 66.7 Å². The normalized spacial score (nSPS) is 25.1. The Kier molecular flexibility index (Phi) is 5.25. The molecule has 2 aliphatic heterocycles. The van der Waals surface area contributed by atoms with Gasteiger partial charge in [-0.2, -0.15) is 0 Å². The number of nitrogens with zero attached hydrogens (tertiary/aromatic N) is 1. The van der Waals surface area contributed by atoms with Gasteiger partial charge in [0, 0.05) is 30.6 Å². The second-order valence-electron chi connectivity index (χ2n) is 10.6. The van der Waals surface area contributed by atoms with Crippen molar-refractivity contribution in [1.29, 1.82) is 0 Å². The summed E-state index contributed by atoms with van der Waals surface area (Å²) in [7, 11) is 0. The third-order valence-electron chi connectivity index (χ3n) is 8.59. The average molecular weight is 493 g/mol. The van der Waals surface area contributed by atoms with E-state index in [-0.39, 0.29) is 36.3 Å². The highest BCUT2D eigenvalue weighted by Gasteiger charge is 2.43. The van der Waals surface area contributed by atoms with Crippen LogP contribution < -0.4 is 5.32 Å². The predicted octanol–water partition coefficient (Wildman–Crippen LogP) is 4.49. The summed E-state index contributed by atoms with van der Waals surface area (Å²) in [5.41, 5.74) is 6.61. The Morgan fingerprint density at radius 1 is 0.892 bits per heavy atom. The van der Waals surface area contributed by atoms with E-state index in [9.17, 15) is 14.4 Å². The van der Waals surface area contributed by atoms with Gasteiger partial charge in [-0.25, -0.2) is 0 Å². The van der Waals surface area contributed by atoms with E-state index in [0.717, 1.165) is 19.3 Å². The van der Waals surface area contributed by atoms with Crippen LogP contribution in [-0.4, -0.2) is 48.4 Å². The number of nitrogens with one attached hydrogen (secondary N) is 1.